The highest BCUT2D eigenvalue weighted by Crippen LogP contribution is 2.29. The van der Waals surface area contributed by atoms with Crippen molar-refractivity contribution in [3.63, 3.8) is 0 Å². The fourth-order valence-electron chi connectivity index (χ4n) is 3.10. The van der Waals surface area contributed by atoms with Crippen molar-refractivity contribution in [2.24, 2.45) is 0 Å². The molecule has 3 heterocycles. The van der Waals surface area contributed by atoms with E-state index < -0.39 is 0 Å². The number of nitriles is 1. The van der Waals surface area contributed by atoms with E-state index in [4.69, 9.17) is 9.78 Å². The minimum absolute atomic E-state index is 0.0340. The number of hydrogen-bond donors (Lipinski definition) is 1. The lowest BCUT2D eigenvalue weighted by Crippen LogP contribution is -2.41. The molecule has 8 heteroatoms. The standard InChI is InChI=1S/C19H17N5O2S/c20-11-13-5-7-15(8-6-13)21-19(25)24-9-1-3-14(12-24)18-22-17(23-26-18)16-4-2-10-27-16/h2,4-8,10,14H,1,3,9,12H2,(H,21,25)/t14-/m0/s1. The summed E-state index contributed by atoms with van der Waals surface area (Å²) in [5.41, 5.74) is 1.22. The van der Waals surface area contributed by atoms with E-state index in [0.29, 0.717) is 36.1 Å². The number of thiophene rings is 1. The van der Waals surface area contributed by atoms with Gasteiger partial charge < -0.3 is 14.7 Å². The fraction of sp³-hybridized carbons (Fsp3) is 0.263. The second-order valence-electron chi connectivity index (χ2n) is 6.34. The Balaban J connectivity index is 1.41. The van der Waals surface area contributed by atoms with E-state index in [-0.39, 0.29) is 11.9 Å². The maximum atomic E-state index is 12.6. The first-order chi connectivity index (χ1) is 13.2. The van der Waals surface area contributed by atoms with Crippen molar-refractivity contribution in [1.29, 1.82) is 5.26 Å². The first kappa shape index (κ1) is 17.2. The lowest BCUT2D eigenvalue weighted by Gasteiger charge is -2.31. The van der Waals surface area contributed by atoms with Crippen molar-refractivity contribution in [3.8, 4) is 16.8 Å². The molecule has 2 aromatic heterocycles. The molecule has 0 bridgehead atoms. The quantitative estimate of drug-likeness (QED) is 0.740. The average Bonchev–Trinajstić information content (AvgIpc) is 3.40. The molecule has 1 saturated heterocycles. The summed E-state index contributed by atoms with van der Waals surface area (Å²) in [7, 11) is 0. The van der Waals surface area contributed by atoms with Crippen molar-refractivity contribution in [2.75, 3.05) is 18.4 Å². The molecule has 27 heavy (non-hydrogen) atoms. The first-order valence-corrected chi connectivity index (χ1v) is 9.54. The summed E-state index contributed by atoms with van der Waals surface area (Å²) in [4.78, 5) is 19.8. The molecule has 0 aliphatic carbocycles. The second kappa shape index (κ2) is 7.60. The molecule has 1 fully saturated rings. The van der Waals surface area contributed by atoms with Gasteiger partial charge in [-0.05, 0) is 48.6 Å². The summed E-state index contributed by atoms with van der Waals surface area (Å²) in [5.74, 6) is 1.21. The zero-order valence-corrected chi connectivity index (χ0v) is 15.3. The van der Waals surface area contributed by atoms with Gasteiger partial charge in [0.1, 0.15) is 0 Å². The summed E-state index contributed by atoms with van der Waals surface area (Å²) in [6.07, 6.45) is 1.79. The predicted molar refractivity (Wildman–Crippen MR) is 101 cm³/mol. The van der Waals surface area contributed by atoms with Crippen LogP contribution in [-0.4, -0.2) is 34.2 Å². The number of nitrogens with one attached hydrogen (secondary N) is 1. The van der Waals surface area contributed by atoms with Gasteiger partial charge >= 0.3 is 6.03 Å². The Hall–Kier alpha value is -3.18. The maximum absolute atomic E-state index is 12.6. The molecule has 0 radical (unpaired) electrons. The monoisotopic (exact) mass is 379 g/mol. The van der Waals surface area contributed by atoms with Gasteiger partial charge in [-0.2, -0.15) is 10.2 Å². The number of nitrogens with zero attached hydrogens (tertiary/aromatic N) is 4. The molecular formula is C19H17N5O2S. The van der Waals surface area contributed by atoms with Gasteiger partial charge in [0.2, 0.25) is 11.7 Å². The van der Waals surface area contributed by atoms with Crippen molar-refractivity contribution < 1.29 is 9.32 Å². The SMILES string of the molecule is N#Cc1ccc(NC(=O)N2CCC[C@H](c3nc(-c4cccs4)no3)C2)cc1. The van der Waals surface area contributed by atoms with Crippen LogP contribution in [0.1, 0.15) is 30.2 Å². The third-order valence-electron chi connectivity index (χ3n) is 4.51. The van der Waals surface area contributed by atoms with Gasteiger partial charge in [-0.3, -0.25) is 0 Å². The van der Waals surface area contributed by atoms with Gasteiger partial charge in [0.25, 0.3) is 0 Å². The van der Waals surface area contributed by atoms with Crippen molar-refractivity contribution in [2.45, 2.75) is 18.8 Å². The Morgan fingerprint density at radius 3 is 2.93 bits per heavy atom. The van der Waals surface area contributed by atoms with Gasteiger partial charge in [-0.1, -0.05) is 11.2 Å². The van der Waals surface area contributed by atoms with E-state index in [9.17, 15) is 4.79 Å². The van der Waals surface area contributed by atoms with Crippen molar-refractivity contribution in [3.05, 3.63) is 53.2 Å². The predicted octanol–water partition coefficient (Wildman–Crippen LogP) is 4.08. The highest BCUT2D eigenvalue weighted by molar-refractivity contribution is 7.13. The number of aromatic nitrogens is 2. The molecule has 2 amide bonds. The zero-order valence-electron chi connectivity index (χ0n) is 14.5. The fourth-order valence-corrected chi connectivity index (χ4v) is 3.75. The summed E-state index contributed by atoms with van der Waals surface area (Å²) < 4.78 is 5.46. The van der Waals surface area contributed by atoms with Crippen molar-refractivity contribution in [1.82, 2.24) is 15.0 Å². The topological polar surface area (TPSA) is 95.1 Å². The van der Waals surface area contributed by atoms with E-state index in [2.05, 4.69) is 21.5 Å². The van der Waals surface area contributed by atoms with Crippen LogP contribution in [-0.2, 0) is 0 Å². The number of amides is 2. The summed E-state index contributed by atoms with van der Waals surface area (Å²) in [5, 5.41) is 17.8. The van der Waals surface area contributed by atoms with Gasteiger partial charge in [-0.15, -0.1) is 11.3 Å². The smallest absolute Gasteiger partial charge is 0.321 e. The van der Waals surface area contributed by atoms with Crippen LogP contribution in [0.5, 0.6) is 0 Å². The number of carbonyl (C=O) groups is 1. The number of likely N-dealkylation sites (tertiary alicyclic amines) is 1. The minimum atomic E-state index is -0.164. The average molecular weight is 379 g/mol. The lowest BCUT2D eigenvalue weighted by molar-refractivity contribution is 0.184. The van der Waals surface area contributed by atoms with E-state index in [1.54, 1.807) is 40.5 Å². The maximum Gasteiger partial charge on any atom is 0.321 e. The third-order valence-corrected chi connectivity index (χ3v) is 5.37. The normalized spacial score (nSPS) is 16.7. The van der Waals surface area contributed by atoms with Gasteiger partial charge in [0.15, 0.2) is 0 Å². The molecular weight excluding hydrogens is 362 g/mol. The largest absolute Gasteiger partial charge is 0.339 e. The van der Waals surface area contributed by atoms with Crippen LogP contribution in [0.3, 0.4) is 0 Å². The van der Waals surface area contributed by atoms with E-state index >= 15 is 0 Å². The highest BCUT2D eigenvalue weighted by Gasteiger charge is 2.29. The molecule has 1 aromatic carbocycles. The first-order valence-electron chi connectivity index (χ1n) is 8.66. The van der Waals surface area contributed by atoms with E-state index in [0.717, 1.165) is 17.7 Å². The molecule has 0 spiro atoms. The number of urea groups is 1. The second-order valence-corrected chi connectivity index (χ2v) is 7.29. The van der Waals surface area contributed by atoms with Crippen LogP contribution in [0.4, 0.5) is 10.5 Å². The highest BCUT2D eigenvalue weighted by atomic mass is 32.1. The molecule has 1 N–H and O–H groups in total. The molecule has 136 valence electrons. The molecule has 1 aliphatic heterocycles. The Bertz CT molecular complexity index is 959. The van der Waals surface area contributed by atoms with Crippen LogP contribution in [0.15, 0.2) is 46.3 Å². The Morgan fingerprint density at radius 2 is 2.19 bits per heavy atom. The van der Waals surface area contributed by atoms with Gasteiger partial charge in [0.05, 0.1) is 22.4 Å². The number of hydrogen-bond acceptors (Lipinski definition) is 6. The number of benzene rings is 1. The molecule has 1 aliphatic rings. The molecule has 0 unspecified atom stereocenters. The zero-order chi connectivity index (χ0) is 18.6. The summed E-state index contributed by atoms with van der Waals surface area (Å²) in [6.45, 7) is 1.22. The number of rotatable bonds is 3. The lowest BCUT2D eigenvalue weighted by atomic mass is 9.98. The van der Waals surface area contributed by atoms with Crippen LogP contribution in [0.25, 0.3) is 10.7 Å². The van der Waals surface area contributed by atoms with Crippen LogP contribution in [0, 0.1) is 11.3 Å². The van der Waals surface area contributed by atoms with Crippen molar-refractivity contribution >= 4 is 23.1 Å². The Kier molecular flexibility index (Phi) is 4.85. The molecule has 3 aromatic rings. The minimum Gasteiger partial charge on any atom is -0.339 e. The summed E-state index contributed by atoms with van der Waals surface area (Å²) in [6, 6.07) is 12.6. The number of carbonyl (C=O) groups excluding carboxylic acids is 1. The molecule has 7 nitrogen and oxygen atoms in total. The van der Waals surface area contributed by atoms with E-state index in [1.165, 1.54) is 0 Å². The van der Waals surface area contributed by atoms with Gasteiger partial charge in [-0.25, -0.2) is 4.79 Å². The van der Waals surface area contributed by atoms with Crippen LogP contribution in [0.2, 0.25) is 0 Å². The molecule has 0 saturated carbocycles. The third kappa shape index (κ3) is 3.83. The molecule has 4 rings (SSSR count). The number of piperidine rings is 1. The number of anilines is 1. The van der Waals surface area contributed by atoms with Crippen LogP contribution >= 0.6 is 11.3 Å². The Morgan fingerprint density at radius 1 is 1.33 bits per heavy atom. The van der Waals surface area contributed by atoms with E-state index in [1.807, 2.05) is 17.5 Å². The Labute approximate surface area is 160 Å². The summed E-state index contributed by atoms with van der Waals surface area (Å²) >= 11 is 1.57. The van der Waals surface area contributed by atoms with Gasteiger partial charge in [0, 0.05) is 18.8 Å². The molecule has 1 atom stereocenters. The van der Waals surface area contributed by atoms with Crippen LogP contribution < -0.4 is 5.32 Å².